The molecule has 0 bridgehead atoms. The van der Waals surface area contributed by atoms with Gasteiger partial charge in [0.1, 0.15) is 5.75 Å². The Hall–Kier alpha value is -2.93. The van der Waals surface area contributed by atoms with E-state index in [0.717, 1.165) is 17.0 Å². The van der Waals surface area contributed by atoms with Crippen molar-refractivity contribution < 1.29 is 14.4 Å². The Labute approximate surface area is 164 Å². The Balaban J connectivity index is 1.58. The monoisotopic (exact) mass is 380 g/mol. The van der Waals surface area contributed by atoms with Crippen LogP contribution in [0.15, 0.2) is 53.9 Å². The first-order valence-corrected chi connectivity index (χ1v) is 9.40. The normalized spacial score (nSPS) is 21.9. The molecule has 7 heteroatoms. The summed E-state index contributed by atoms with van der Waals surface area (Å²) in [6, 6.07) is 11.5. The van der Waals surface area contributed by atoms with Gasteiger partial charge in [-0.2, -0.15) is 0 Å². The molecule has 1 spiro atoms. The largest absolute Gasteiger partial charge is 0.496 e. The summed E-state index contributed by atoms with van der Waals surface area (Å²) in [6.45, 7) is 5.18. The smallest absolute Gasteiger partial charge is 0.269 e. The summed E-state index contributed by atoms with van der Waals surface area (Å²) in [5.41, 5.74) is 1.78. The minimum Gasteiger partial charge on any atom is -0.496 e. The lowest BCUT2D eigenvalue weighted by Crippen LogP contribution is -2.44. The Morgan fingerprint density at radius 2 is 2.04 bits per heavy atom. The van der Waals surface area contributed by atoms with Gasteiger partial charge < -0.3 is 9.57 Å². The number of ether oxygens (including phenoxy) is 1. The number of aromatic nitrogens is 1. The van der Waals surface area contributed by atoms with Crippen molar-refractivity contribution in [2.24, 2.45) is 5.16 Å². The molecule has 1 unspecified atom stereocenters. The highest BCUT2D eigenvalue weighted by atomic mass is 16.7. The van der Waals surface area contributed by atoms with Gasteiger partial charge in [-0.25, -0.2) is 5.01 Å². The van der Waals surface area contributed by atoms with E-state index >= 15 is 0 Å². The van der Waals surface area contributed by atoms with E-state index in [1.165, 1.54) is 0 Å². The summed E-state index contributed by atoms with van der Waals surface area (Å²) in [4.78, 5) is 23.1. The van der Waals surface area contributed by atoms with Crippen LogP contribution in [-0.4, -0.2) is 58.5 Å². The summed E-state index contributed by atoms with van der Waals surface area (Å²) in [5.74, 6) is 0.692. The SMILES string of the molecule is COc1ccccc1C1=NOC2(C1)CN(C(=O)c1cccnc1)N(C(C)C)C2. The lowest BCUT2D eigenvalue weighted by molar-refractivity contribution is -0.00412. The summed E-state index contributed by atoms with van der Waals surface area (Å²) in [7, 11) is 1.65. The standard InChI is InChI=1S/C21H24N4O3/c1-15(2)24-13-21(14-25(24)20(26)16-7-6-10-22-12-16)11-18(23-28-21)17-8-4-5-9-19(17)27-3/h4-10,12,15H,11,13-14H2,1-3H3. The van der Waals surface area contributed by atoms with Crippen molar-refractivity contribution in [1.29, 1.82) is 0 Å². The maximum absolute atomic E-state index is 13.1. The molecule has 1 aromatic heterocycles. The molecule has 1 amide bonds. The quantitative estimate of drug-likeness (QED) is 0.816. The Bertz CT molecular complexity index is 900. The van der Waals surface area contributed by atoms with E-state index in [9.17, 15) is 4.79 Å². The molecule has 2 aliphatic heterocycles. The number of methoxy groups -OCH3 is 1. The predicted octanol–water partition coefficient (Wildman–Crippen LogP) is 2.73. The fourth-order valence-corrected chi connectivity index (χ4v) is 3.80. The lowest BCUT2D eigenvalue weighted by atomic mass is 9.94. The number of nitrogens with zero attached hydrogens (tertiary/aromatic N) is 4. The van der Waals surface area contributed by atoms with Crippen LogP contribution in [0.1, 0.15) is 36.2 Å². The first-order chi connectivity index (χ1) is 13.5. The lowest BCUT2D eigenvalue weighted by Gasteiger charge is -2.30. The minimum atomic E-state index is -0.557. The van der Waals surface area contributed by atoms with Crippen molar-refractivity contribution >= 4 is 11.6 Å². The summed E-state index contributed by atoms with van der Waals surface area (Å²) in [5, 5.41) is 8.19. The van der Waals surface area contributed by atoms with Crippen molar-refractivity contribution in [3.63, 3.8) is 0 Å². The van der Waals surface area contributed by atoms with E-state index in [-0.39, 0.29) is 11.9 Å². The van der Waals surface area contributed by atoms with Crippen LogP contribution < -0.4 is 4.74 Å². The number of carbonyl (C=O) groups excluding carboxylic acids is 1. The third-order valence-corrected chi connectivity index (χ3v) is 5.19. The van der Waals surface area contributed by atoms with Crippen molar-refractivity contribution in [2.45, 2.75) is 31.9 Å². The van der Waals surface area contributed by atoms with Gasteiger partial charge in [-0.1, -0.05) is 17.3 Å². The van der Waals surface area contributed by atoms with Crippen LogP contribution in [0.25, 0.3) is 0 Å². The van der Waals surface area contributed by atoms with Gasteiger partial charge >= 0.3 is 0 Å². The number of hydrazine groups is 1. The molecule has 0 saturated carbocycles. The molecule has 0 aliphatic carbocycles. The molecule has 28 heavy (non-hydrogen) atoms. The van der Waals surface area contributed by atoms with Gasteiger partial charge in [-0.3, -0.25) is 14.8 Å². The zero-order valence-corrected chi connectivity index (χ0v) is 16.3. The Morgan fingerprint density at radius 3 is 2.75 bits per heavy atom. The molecule has 3 heterocycles. The number of pyridine rings is 1. The number of hydrogen-bond acceptors (Lipinski definition) is 6. The van der Waals surface area contributed by atoms with Crippen molar-refractivity contribution in [2.75, 3.05) is 20.2 Å². The molecule has 2 aliphatic rings. The van der Waals surface area contributed by atoms with E-state index in [1.807, 2.05) is 24.3 Å². The number of para-hydroxylation sites is 1. The van der Waals surface area contributed by atoms with Crippen LogP contribution in [0.5, 0.6) is 5.75 Å². The Morgan fingerprint density at radius 1 is 1.21 bits per heavy atom. The second-order valence-corrected chi connectivity index (χ2v) is 7.49. The average molecular weight is 380 g/mol. The number of amides is 1. The van der Waals surface area contributed by atoms with Crippen LogP contribution in [-0.2, 0) is 4.84 Å². The molecule has 7 nitrogen and oxygen atoms in total. The molecule has 1 saturated heterocycles. The first kappa shape index (κ1) is 18.4. The fraction of sp³-hybridized carbons (Fsp3) is 0.381. The molecule has 1 aromatic carbocycles. The van der Waals surface area contributed by atoms with Gasteiger partial charge in [0.2, 0.25) is 0 Å². The maximum atomic E-state index is 13.1. The van der Waals surface area contributed by atoms with Crippen molar-refractivity contribution in [3.8, 4) is 5.75 Å². The predicted molar refractivity (Wildman–Crippen MR) is 105 cm³/mol. The maximum Gasteiger partial charge on any atom is 0.269 e. The van der Waals surface area contributed by atoms with Gasteiger partial charge in [-0.15, -0.1) is 0 Å². The zero-order valence-electron chi connectivity index (χ0n) is 16.3. The van der Waals surface area contributed by atoms with E-state index in [1.54, 1.807) is 36.6 Å². The highest BCUT2D eigenvalue weighted by Gasteiger charge is 2.51. The molecule has 0 N–H and O–H groups in total. The van der Waals surface area contributed by atoms with E-state index in [0.29, 0.717) is 25.1 Å². The van der Waals surface area contributed by atoms with Crippen LogP contribution in [0.2, 0.25) is 0 Å². The first-order valence-electron chi connectivity index (χ1n) is 9.40. The van der Waals surface area contributed by atoms with Crippen LogP contribution >= 0.6 is 0 Å². The second-order valence-electron chi connectivity index (χ2n) is 7.49. The molecule has 0 radical (unpaired) electrons. The molecule has 1 fully saturated rings. The highest BCUT2D eigenvalue weighted by Crippen LogP contribution is 2.37. The molecule has 2 aromatic rings. The minimum absolute atomic E-state index is 0.0759. The van der Waals surface area contributed by atoms with Gasteiger partial charge in [-0.05, 0) is 38.1 Å². The van der Waals surface area contributed by atoms with Gasteiger partial charge in [0, 0.05) is 30.4 Å². The van der Waals surface area contributed by atoms with Gasteiger partial charge in [0.25, 0.3) is 5.91 Å². The van der Waals surface area contributed by atoms with E-state index in [2.05, 4.69) is 29.0 Å². The molecular formula is C21H24N4O3. The topological polar surface area (TPSA) is 67.3 Å². The highest BCUT2D eigenvalue weighted by molar-refractivity contribution is 6.04. The third-order valence-electron chi connectivity index (χ3n) is 5.19. The van der Waals surface area contributed by atoms with Crippen LogP contribution in [0, 0.1) is 0 Å². The summed E-state index contributed by atoms with van der Waals surface area (Å²) >= 11 is 0. The van der Waals surface area contributed by atoms with Gasteiger partial charge in [0.15, 0.2) is 5.60 Å². The average Bonchev–Trinajstić information content (AvgIpc) is 3.32. The molecule has 4 rings (SSSR count). The molecular weight excluding hydrogens is 356 g/mol. The van der Waals surface area contributed by atoms with Crippen molar-refractivity contribution in [3.05, 3.63) is 59.9 Å². The van der Waals surface area contributed by atoms with E-state index in [4.69, 9.17) is 9.57 Å². The summed E-state index contributed by atoms with van der Waals surface area (Å²) in [6.07, 6.45) is 3.88. The van der Waals surface area contributed by atoms with Crippen LogP contribution in [0.3, 0.4) is 0 Å². The Kier molecular flexibility index (Phi) is 4.77. The van der Waals surface area contributed by atoms with Crippen molar-refractivity contribution in [1.82, 2.24) is 15.0 Å². The third kappa shape index (κ3) is 3.22. The number of oxime groups is 1. The van der Waals surface area contributed by atoms with Crippen LogP contribution in [0.4, 0.5) is 0 Å². The number of carbonyl (C=O) groups is 1. The molecule has 146 valence electrons. The number of rotatable bonds is 4. The van der Waals surface area contributed by atoms with Gasteiger partial charge in [0.05, 0.1) is 31.5 Å². The summed E-state index contributed by atoms with van der Waals surface area (Å²) < 4.78 is 5.47. The molecule has 1 atom stereocenters. The number of hydrogen-bond donors (Lipinski definition) is 0. The second kappa shape index (κ2) is 7.24. The van der Waals surface area contributed by atoms with E-state index < -0.39 is 5.60 Å². The fourth-order valence-electron chi connectivity index (χ4n) is 3.80. The zero-order chi connectivity index (χ0) is 19.7. The number of benzene rings is 1.